The van der Waals surface area contributed by atoms with Crippen LogP contribution in [0, 0.1) is 12.8 Å². The summed E-state index contributed by atoms with van der Waals surface area (Å²) in [5, 5.41) is 0. The lowest BCUT2D eigenvalue weighted by Gasteiger charge is -2.23. The molecule has 0 bridgehead atoms. The van der Waals surface area contributed by atoms with Crippen LogP contribution in [0.1, 0.15) is 25.3 Å². The van der Waals surface area contributed by atoms with Crippen molar-refractivity contribution in [3.8, 4) is 5.75 Å². The van der Waals surface area contributed by atoms with Crippen molar-refractivity contribution in [2.75, 3.05) is 19.6 Å². The standard InChI is InChI=1S/C16H24N2O2/c1-3-15(20-14-6-4-5-12(2)9-14)16(19)18-8-7-13(10-17)11-18/h4-6,9,13,15H,3,7-8,10-11,17H2,1-2H3. The summed E-state index contributed by atoms with van der Waals surface area (Å²) in [6, 6.07) is 7.82. The molecule has 0 aromatic heterocycles. The average molecular weight is 276 g/mol. The number of aryl methyl sites for hydroxylation is 1. The van der Waals surface area contributed by atoms with Crippen LogP contribution in [0.2, 0.25) is 0 Å². The second-order valence-electron chi connectivity index (χ2n) is 5.51. The minimum atomic E-state index is -0.395. The Hall–Kier alpha value is -1.55. The zero-order valence-electron chi connectivity index (χ0n) is 12.3. The van der Waals surface area contributed by atoms with Crippen molar-refractivity contribution in [3.63, 3.8) is 0 Å². The molecular formula is C16H24N2O2. The second-order valence-corrected chi connectivity index (χ2v) is 5.51. The van der Waals surface area contributed by atoms with Crippen LogP contribution in [-0.4, -0.2) is 36.5 Å². The van der Waals surface area contributed by atoms with Crippen LogP contribution in [0.5, 0.6) is 5.75 Å². The number of amides is 1. The van der Waals surface area contributed by atoms with Crippen molar-refractivity contribution < 1.29 is 9.53 Å². The van der Waals surface area contributed by atoms with E-state index < -0.39 is 6.10 Å². The highest BCUT2D eigenvalue weighted by atomic mass is 16.5. The predicted octanol–water partition coefficient (Wildman–Crippen LogP) is 1.96. The van der Waals surface area contributed by atoms with Gasteiger partial charge in [-0.15, -0.1) is 0 Å². The van der Waals surface area contributed by atoms with E-state index in [4.69, 9.17) is 10.5 Å². The summed E-state index contributed by atoms with van der Waals surface area (Å²) < 4.78 is 5.87. The molecule has 1 aromatic rings. The molecule has 0 spiro atoms. The van der Waals surface area contributed by atoms with Crippen LogP contribution in [0.3, 0.4) is 0 Å². The zero-order valence-corrected chi connectivity index (χ0v) is 12.3. The minimum Gasteiger partial charge on any atom is -0.481 e. The normalized spacial score (nSPS) is 19.9. The van der Waals surface area contributed by atoms with E-state index in [1.807, 2.05) is 43.0 Å². The number of hydrogen-bond donors (Lipinski definition) is 1. The minimum absolute atomic E-state index is 0.0879. The lowest BCUT2D eigenvalue weighted by Crippen LogP contribution is -2.40. The van der Waals surface area contributed by atoms with Gasteiger partial charge in [0.05, 0.1) is 0 Å². The fourth-order valence-corrected chi connectivity index (χ4v) is 2.59. The van der Waals surface area contributed by atoms with Gasteiger partial charge in [-0.25, -0.2) is 0 Å². The van der Waals surface area contributed by atoms with Gasteiger partial charge in [0, 0.05) is 13.1 Å². The molecule has 4 heteroatoms. The number of ether oxygens (including phenoxy) is 1. The Balaban J connectivity index is 1.99. The topological polar surface area (TPSA) is 55.6 Å². The SMILES string of the molecule is CCC(Oc1cccc(C)c1)C(=O)N1CCC(CN)C1. The molecular weight excluding hydrogens is 252 g/mol. The molecule has 20 heavy (non-hydrogen) atoms. The van der Waals surface area contributed by atoms with E-state index in [0.717, 1.165) is 30.8 Å². The van der Waals surface area contributed by atoms with E-state index in [9.17, 15) is 4.79 Å². The molecule has 1 aliphatic heterocycles. The van der Waals surface area contributed by atoms with Crippen LogP contribution >= 0.6 is 0 Å². The number of hydrogen-bond acceptors (Lipinski definition) is 3. The average Bonchev–Trinajstić information content (AvgIpc) is 2.93. The molecule has 1 aromatic carbocycles. The molecule has 1 amide bonds. The van der Waals surface area contributed by atoms with Gasteiger partial charge >= 0.3 is 0 Å². The number of likely N-dealkylation sites (tertiary alicyclic amines) is 1. The molecule has 1 saturated heterocycles. The highest BCUT2D eigenvalue weighted by Gasteiger charge is 2.30. The van der Waals surface area contributed by atoms with E-state index in [2.05, 4.69) is 0 Å². The maximum Gasteiger partial charge on any atom is 0.263 e. The Bertz CT molecular complexity index is 462. The van der Waals surface area contributed by atoms with E-state index in [0.29, 0.717) is 18.9 Å². The van der Waals surface area contributed by atoms with Gasteiger partial charge in [-0.3, -0.25) is 4.79 Å². The van der Waals surface area contributed by atoms with E-state index in [-0.39, 0.29) is 5.91 Å². The van der Waals surface area contributed by atoms with E-state index >= 15 is 0 Å². The number of nitrogens with two attached hydrogens (primary N) is 1. The molecule has 2 unspecified atom stereocenters. The first-order chi connectivity index (χ1) is 9.63. The van der Waals surface area contributed by atoms with Gasteiger partial charge in [-0.2, -0.15) is 0 Å². The lowest BCUT2D eigenvalue weighted by molar-refractivity contribution is -0.137. The van der Waals surface area contributed by atoms with E-state index in [1.54, 1.807) is 0 Å². The third kappa shape index (κ3) is 3.51. The Labute approximate surface area is 120 Å². The first-order valence-electron chi connectivity index (χ1n) is 7.36. The van der Waals surface area contributed by atoms with Crippen LogP contribution in [0.4, 0.5) is 0 Å². The van der Waals surface area contributed by atoms with Crippen molar-refractivity contribution in [1.82, 2.24) is 4.90 Å². The van der Waals surface area contributed by atoms with Gasteiger partial charge in [0.2, 0.25) is 0 Å². The van der Waals surface area contributed by atoms with Gasteiger partial charge in [0.1, 0.15) is 5.75 Å². The highest BCUT2D eigenvalue weighted by Crippen LogP contribution is 2.20. The monoisotopic (exact) mass is 276 g/mol. The Kier molecular flexibility index (Phi) is 5.01. The maximum absolute atomic E-state index is 12.5. The molecule has 110 valence electrons. The van der Waals surface area contributed by atoms with Gasteiger partial charge in [0.25, 0.3) is 5.91 Å². The molecule has 0 aliphatic carbocycles. The summed E-state index contributed by atoms with van der Waals surface area (Å²) >= 11 is 0. The van der Waals surface area contributed by atoms with Crippen molar-refractivity contribution in [3.05, 3.63) is 29.8 Å². The summed E-state index contributed by atoms with van der Waals surface area (Å²) in [6.45, 7) is 6.22. The van der Waals surface area contributed by atoms with Gasteiger partial charge < -0.3 is 15.4 Å². The Morgan fingerprint density at radius 1 is 1.55 bits per heavy atom. The summed E-state index contributed by atoms with van der Waals surface area (Å²) in [5.41, 5.74) is 6.81. The van der Waals surface area contributed by atoms with Crippen LogP contribution in [0.25, 0.3) is 0 Å². The first-order valence-corrected chi connectivity index (χ1v) is 7.36. The second kappa shape index (κ2) is 6.75. The molecule has 1 heterocycles. The smallest absolute Gasteiger partial charge is 0.263 e. The third-order valence-electron chi connectivity index (χ3n) is 3.84. The fraction of sp³-hybridized carbons (Fsp3) is 0.562. The molecule has 0 saturated carbocycles. The van der Waals surface area contributed by atoms with E-state index in [1.165, 1.54) is 0 Å². The molecule has 2 rings (SSSR count). The van der Waals surface area contributed by atoms with Crippen molar-refractivity contribution in [1.29, 1.82) is 0 Å². The van der Waals surface area contributed by atoms with Crippen molar-refractivity contribution in [2.45, 2.75) is 32.8 Å². The van der Waals surface area contributed by atoms with Gasteiger partial charge in [-0.1, -0.05) is 19.1 Å². The van der Waals surface area contributed by atoms with Gasteiger partial charge in [-0.05, 0) is 49.9 Å². The molecule has 4 nitrogen and oxygen atoms in total. The zero-order chi connectivity index (χ0) is 14.5. The summed E-state index contributed by atoms with van der Waals surface area (Å²) in [4.78, 5) is 14.4. The summed E-state index contributed by atoms with van der Waals surface area (Å²) in [5.74, 6) is 1.29. The fourth-order valence-electron chi connectivity index (χ4n) is 2.59. The van der Waals surface area contributed by atoms with Crippen LogP contribution in [-0.2, 0) is 4.79 Å². The number of carbonyl (C=O) groups is 1. The highest BCUT2D eigenvalue weighted by molar-refractivity contribution is 5.81. The summed E-state index contributed by atoms with van der Waals surface area (Å²) in [6.07, 6.45) is 1.29. The first kappa shape index (κ1) is 14.9. The molecule has 2 atom stereocenters. The Morgan fingerprint density at radius 3 is 2.95 bits per heavy atom. The lowest BCUT2D eigenvalue weighted by atomic mass is 10.1. The molecule has 1 aliphatic rings. The maximum atomic E-state index is 12.5. The quantitative estimate of drug-likeness (QED) is 0.894. The number of rotatable bonds is 5. The predicted molar refractivity (Wildman–Crippen MR) is 79.6 cm³/mol. The number of nitrogens with zero attached hydrogens (tertiary/aromatic N) is 1. The van der Waals surface area contributed by atoms with Crippen molar-refractivity contribution >= 4 is 5.91 Å². The number of benzene rings is 1. The van der Waals surface area contributed by atoms with Crippen LogP contribution < -0.4 is 10.5 Å². The van der Waals surface area contributed by atoms with Crippen LogP contribution in [0.15, 0.2) is 24.3 Å². The number of carbonyl (C=O) groups excluding carboxylic acids is 1. The third-order valence-corrected chi connectivity index (χ3v) is 3.84. The van der Waals surface area contributed by atoms with Gasteiger partial charge in [0.15, 0.2) is 6.10 Å². The Morgan fingerprint density at radius 2 is 2.35 bits per heavy atom. The van der Waals surface area contributed by atoms with Crippen molar-refractivity contribution in [2.24, 2.45) is 11.7 Å². The summed E-state index contributed by atoms with van der Waals surface area (Å²) in [7, 11) is 0. The largest absolute Gasteiger partial charge is 0.481 e. The molecule has 1 fully saturated rings. The molecule has 0 radical (unpaired) electrons. The molecule has 2 N–H and O–H groups in total.